The highest BCUT2D eigenvalue weighted by molar-refractivity contribution is 5.71. The van der Waals surface area contributed by atoms with Gasteiger partial charge in [0.2, 0.25) is 0 Å². The van der Waals surface area contributed by atoms with Gasteiger partial charge in [-0.3, -0.25) is 14.4 Å². The molecule has 0 amide bonds. The molecule has 6 heteroatoms. The molecule has 83 heavy (non-hydrogen) atoms. The molecule has 1 unspecified atom stereocenters. The lowest BCUT2D eigenvalue weighted by atomic mass is 10.0. The van der Waals surface area contributed by atoms with E-state index in [4.69, 9.17) is 14.2 Å². The van der Waals surface area contributed by atoms with Gasteiger partial charge >= 0.3 is 17.9 Å². The zero-order valence-corrected chi connectivity index (χ0v) is 55.2. The van der Waals surface area contributed by atoms with Gasteiger partial charge in [-0.05, 0) is 89.9 Å². The van der Waals surface area contributed by atoms with E-state index >= 15 is 0 Å². The van der Waals surface area contributed by atoms with Gasteiger partial charge in [0.25, 0.3) is 0 Å². The third kappa shape index (κ3) is 69.3. The predicted octanol–water partition coefficient (Wildman–Crippen LogP) is 25.0. The van der Waals surface area contributed by atoms with Crippen LogP contribution in [0.1, 0.15) is 367 Å². The van der Waals surface area contributed by atoms with Gasteiger partial charge in [-0.1, -0.05) is 343 Å². The number of rotatable bonds is 66. The van der Waals surface area contributed by atoms with Gasteiger partial charge < -0.3 is 14.2 Å². The van der Waals surface area contributed by atoms with Crippen molar-refractivity contribution in [3.63, 3.8) is 0 Å². The molecule has 0 spiro atoms. The van der Waals surface area contributed by atoms with Crippen molar-refractivity contribution >= 4 is 17.9 Å². The summed E-state index contributed by atoms with van der Waals surface area (Å²) < 4.78 is 16.9. The average molecular weight is 1160 g/mol. The van der Waals surface area contributed by atoms with Crippen molar-refractivity contribution in [2.45, 2.75) is 374 Å². The van der Waals surface area contributed by atoms with E-state index < -0.39 is 6.10 Å². The highest BCUT2D eigenvalue weighted by Crippen LogP contribution is 2.19. The molecule has 0 aromatic rings. The molecule has 0 radical (unpaired) electrons. The summed E-state index contributed by atoms with van der Waals surface area (Å²) in [5.74, 6) is -0.942. The predicted molar refractivity (Wildman–Crippen MR) is 362 cm³/mol. The van der Waals surface area contributed by atoms with Crippen molar-refractivity contribution < 1.29 is 28.6 Å². The first-order valence-corrected chi connectivity index (χ1v) is 36.1. The summed E-state index contributed by atoms with van der Waals surface area (Å²) in [6.07, 6.45) is 95.1. The fourth-order valence-electron chi connectivity index (χ4n) is 10.6. The summed E-state index contributed by atoms with van der Waals surface area (Å²) >= 11 is 0. The maximum Gasteiger partial charge on any atom is 0.306 e. The summed E-state index contributed by atoms with van der Waals surface area (Å²) in [6, 6.07) is 0. The van der Waals surface area contributed by atoms with Crippen molar-refractivity contribution in [3.05, 3.63) is 85.1 Å². The molecule has 0 aliphatic carbocycles. The quantitative estimate of drug-likeness (QED) is 0.0261. The molecule has 0 fully saturated rings. The normalized spacial score (nSPS) is 12.6. The Kier molecular flexibility index (Phi) is 68.2. The van der Waals surface area contributed by atoms with E-state index in [-0.39, 0.29) is 37.5 Å². The average Bonchev–Trinajstić information content (AvgIpc) is 3.50. The van der Waals surface area contributed by atoms with Crippen LogP contribution in [0, 0.1) is 0 Å². The van der Waals surface area contributed by atoms with Crippen LogP contribution < -0.4 is 0 Å². The minimum Gasteiger partial charge on any atom is -0.462 e. The molecule has 6 nitrogen and oxygen atoms in total. The van der Waals surface area contributed by atoms with Crippen LogP contribution in [0.5, 0.6) is 0 Å². The maximum atomic E-state index is 12.9. The molecule has 0 aliphatic heterocycles. The molecule has 0 aliphatic rings. The Balaban J connectivity index is 4.12. The molecule has 0 rings (SSSR count). The van der Waals surface area contributed by atoms with Crippen LogP contribution in [0.15, 0.2) is 85.1 Å². The largest absolute Gasteiger partial charge is 0.462 e. The molecule has 0 saturated heterocycles. The SMILES string of the molecule is CC/C=C\C/C=C\C/C=C\C/C=C\CCCCC(=O)OC(COC(=O)CCCCCCC/C=C\C/C=C\C/C=C\CC)COC(=O)CCCCCCCCCCCCCCCCCCCCCCCCCCCCCCCCCCCCC. The van der Waals surface area contributed by atoms with Crippen LogP contribution in [-0.2, 0) is 28.6 Å². The second-order valence-corrected chi connectivity index (χ2v) is 24.1. The lowest BCUT2D eigenvalue weighted by Gasteiger charge is -2.18. The molecule has 0 bridgehead atoms. The summed E-state index contributed by atoms with van der Waals surface area (Å²) in [5, 5.41) is 0. The first-order valence-electron chi connectivity index (χ1n) is 36.1. The van der Waals surface area contributed by atoms with E-state index in [1.54, 1.807) is 0 Å². The van der Waals surface area contributed by atoms with Crippen LogP contribution in [0.3, 0.4) is 0 Å². The molecular weight excluding hydrogens is 1020 g/mol. The topological polar surface area (TPSA) is 78.9 Å². The number of carbonyl (C=O) groups is 3. The van der Waals surface area contributed by atoms with Crippen LogP contribution in [0.25, 0.3) is 0 Å². The molecule has 480 valence electrons. The van der Waals surface area contributed by atoms with Crippen LogP contribution >= 0.6 is 0 Å². The third-order valence-electron chi connectivity index (χ3n) is 15.9. The van der Waals surface area contributed by atoms with Gasteiger partial charge in [-0.25, -0.2) is 0 Å². The lowest BCUT2D eigenvalue weighted by molar-refractivity contribution is -0.167. The van der Waals surface area contributed by atoms with Crippen molar-refractivity contribution in [1.82, 2.24) is 0 Å². The van der Waals surface area contributed by atoms with E-state index in [0.717, 1.165) is 116 Å². The molecule has 1 atom stereocenters. The van der Waals surface area contributed by atoms with E-state index in [0.29, 0.717) is 19.3 Å². The minimum absolute atomic E-state index is 0.0967. The van der Waals surface area contributed by atoms with Crippen molar-refractivity contribution in [2.75, 3.05) is 13.2 Å². The second-order valence-electron chi connectivity index (χ2n) is 24.1. The van der Waals surface area contributed by atoms with E-state index in [1.165, 1.54) is 205 Å². The molecule has 0 saturated carbocycles. The van der Waals surface area contributed by atoms with E-state index in [2.05, 4.69) is 106 Å². The Bertz CT molecular complexity index is 1570. The monoisotopic (exact) mass is 1160 g/mol. The Morgan fingerprint density at radius 3 is 0.759 bits per heavy atom. The number of esters is 3. The number of allylic oxidation sites excluding steroid dienone is 14. The number of hydrogen-bond donors (Lipinski definition) is 0. The summed E-state index contributed by atoms with van der Waals surface area (Å²) in [7, 11) is 0. The van der Waals surface area contributed by atoms with E-state index in [9.17, 15) is 14.4 Å². The van der Waals surface area contributed by atoms with Gasteiger partial charge in [0.05, 0.1) is 0 Å². The molecular formula is C77H136O6. The second kappa shape index (κ2) is 71.1. The Morgan fingerprint density at radius 1 is 0.253 bits per heavy atom. The zero-order chi connectivity index (χ0) is 59.9. The highest BCUT2D eigenvalue weighted by atomic mass is 16.6. The standard InChI is InChI=1S/C77H136O6/c1-4-7-10-13-16-19-22-25-28-29-30-31-32-33-34-35-36-37-38-39-40-41-42-43-44-45-46-47-50-52-55-58-61-64-67-70-76(79)82-73-74(83-77(80)71-68-65-62-59-56-53-49-27-24-21-18-15-12-9-6-3)72-81-75(78)69-66-63-60-57-54-51-48-26-23-20-17-14-11-8-5-2/h8-9,11-12,17-18,20-21,26-27,48-49,56,59,74H,4-7,10,13-16,19,22-25,28-47,50-55,57-58,60-73H2,1-3H3/b11-8-,12-9-,20-17-,21-18-,48-26-,49-27-,59-56-. The van der Waals surface area contributed by atoms with Crippen molar-refractivity contribution in [1.29, 1.82) is 0 Å². The number of carbonyl (C=O) groups excluding carboxylic acids is 3. The van der Waals surface area contributed by atoms with Crippen LogP contribution in [-0.4, -0.2) is 37.2 Å². The summed E-state index contributed by atoms with van der Waals surface area (Å²) in [4.78, 5) is 38.3. The fourth-order valence-corrected chi connectivity index (χ4v) is 10.6. The Morgan fingerprint density at radius 2 is 0.470 bits per heavy atom. The van der Waals surface area contributed by atoms with Crippen molar-refractivity contribution in [2.24, 2.45) is 0 Å². The smallest absolute Gasteiger partial charge is 0.306 e. The molecule has 0 heterocycles. The molecule has 0 aromatic heterocycles. The minimum atomic E-state index is -0.806. The van der Waals surface area contributed by atoms with Gasteiger partial charge in [0.1, 0.15) is 13.2 Å². The van der Waals surface area contributed by atoms with Gasteiger partial charge in [0, 0.05) is 19.3 Å². The van der Waals surface area contributed by atoms with Gasteiger partial charge in [-0.15, -0.1) is 0 Å². The highest BCUT2D eigenvalue weighted by Gasteiger charge is 2.19. The first kappa shape index (κ1) is 79.6. The summed E-state index contributed by atoms with van der Waals surface area (Å²) in [6.45, 7) is 6.41. The van der Waals surface area contributed by atoms with Crippen LogP contribution in [0.4, 0.5) is 0 Å². The molecule has 0 N–H and O–H groups in total. The molecule has 0 aromatic carbocycles. The van der Waals surface area contributed by atoms with Crippen LogP contribution in [0.2, 0.25) is 0 Å². The van der Waals surface area contributed by atoms with Gasteiger partial charge in [-0.2, -0.15) is 0 Å². The Hall–Kier alpha value is -3.41. The van der Waals surface area contributed by atoms with Gasteiger partial charge in [0.15, 0.2) is 6.10 Å². The number of unbranched alkanes of at least 4 members (excludes halogenated alkanes) is 41. The third-order valence-corrected chi connectivity index (χ3v) is 15.9. The number of ether oxygens (including phenoxy) is 3. The summed E-state index contributed by atoms with van der Waals surface area (Å²) in [5.41, 5.74) is 0. The Labute approximate surface area is 515 Å². The van der Waals surface area contributed by atoms with E-state index in [1.807, 2.05) is 0 Å². The van der Waals surface area contributed by atoms with Crippen molar-refractivity contribution in [3.8, 4) is 0 Å². The zero-order valence-electron chi connectivity index (χ0n) is 55.2. The lowest BCUT2D eigenvalue weighted by Crippen LogP contribution is -2.30. The maximum absolute atomic E-state index is 12.9. The number of hydrogen-bond acceptors (Lipinski definition) is 6. The first-order chi connectivity index (χ1) is 41.0. The fraction of sp³-hybridized carbons (Fsp3) is 0.779.